The highest BCUT2D eigenvalue weighted by atomic mass is 16.5. The summed E-state index contributed by atoms with van der Waals surface area (Å²) in [6, 6.07) is 9.44. The minimum Gasteiger partial charge on any atom is -0.506 e. The van der Waals surface area contributed by atoms with E-state index in [1.165, 1.54) is 13.0 Å². The van der Waals surface area contributed by atoms with Gasteiger partial charge in [0, 0.05) is 11.9 Å². The molecule has 0 aliphatic rings. The van der Waals surface area contributed by atoms with E-state index in [4.69, 9.17) is 4.74 Å². The molecule has 132 valence electrons. The summed E-state index contributed by atoms with van der Waals surface area (Å²) >= 11 is 0. The molecule has 0 aromatic heterocycles. The first-order valence-corrected chi connectivity index (χ1v) is 7.89. The topological polar surface area (TPSA) is 105 Å². The molecule has 3 N–H and O–H groups in total. The largest absolute Gasteiger partial charge is 0.506 e. The van der Waals surface area contributed by atoms with Crippen molar-refractivity contribution in [3.8, 4) is 5.75 Å². The Kier molecular flexibility index (Phi) is 5.94. The predicted molar refractivity (Wildman–Crippen MR) is 92.2 cm³/mol. The third-order valence-electron chi connectivity index (χ3n) is 3.58. The van der Waals surface area contributed by atoms with Gasteiger partial charge in [-0.2, -0.15) is 0 Å². The van der Waals surface area contributed by atoms with E-state index in [0.717, 1.165) is 5.39 Å². The van der Waals surface area contributed by atoms with E-state index in [2.05, 4.69) is 10.6 Å². The molecule has 2 aromatic carbocycles. The lowest BCUT2D eigenvalue weighted by atomic mass is 10.1. The van der Waals surface area contributed by atoms with Crippen LogP contribution in [0.15, 0.2) is 36.4 Å². The van der Waals surface area contributed by atoms with E-state index in [9.17, 15) is 19.5 Å². The van der Waals surface area contributed by atoms with Crippen LogP contribution in [0.5, 0.6) is 5.75 Å². The summed E-state index contributed by atoms with van der Waals surface area (Å²) < 4.78 is 4.92. The zero-order valence-electron chi connectivity index (χ0n) is 14.0. The molecule has 0 saturated heterocycles. The van der Waals surface area contributed by atoms with Gasteiger partial charge < -0.3 is 20.5 Å². The second-order valence-corrected chi connectivity index (χ2v) is 5.44. The number of phenols is 1. The average molecular weight is 344 g/mol. The van der Waals surface area contributed by atoms with Crippen LogP contribution in [0.4, 0.5) is 0 Å². The van der Waals surface area contributed by atoms with Gasteiger partial charge in [0.15, 0.2) is 6.61 Å². The van der Waals surface area contributed by atoms with Gasteiger partial charge in [-0.25, -0.2) is 4.79 Å². The number of ether oxygens (including phenoxy) is 1. The molecule has 25 heavy (non-hydrogen) atoms. The Labute approximate surface area is 145 Å². The van der Waals surface area contributed by atoms with Crippen molar-refractivity contribution < 1.29 is 24.2 Å². The van der Waals surface area contributed by atoms with Crippen molar-refractivity contribution in [2.75, 3.05) is 13.2 Å². The Morgan fingerprint density at radius 2 is 1.88 bits per heavy atom. The molecular formula is C18H20N2O5. The van der Waals surface area contributed by atoms with E-state index in [1.54, 1.807) is 31.2 Å². The lowest BCUT2D eigenvalue weighted by Crippen LogP contribution is -2.46. The number of phenolic OH excluding ortho intramolecular Hbond substituents is 1. The zero-order chi connectivity index (χ0) is 18.4. The molecular weight excluding hydrogens is 324 g/mol. The highest BCUT2D eigenvalue weighted by molar-refractivity contribution is 6.01. The number of likely N-dealkylation sites (N-methyl/N-ethyl adjacent to an activating group) is 1. The molecule has 0 heterocycles. The van der Waals surface area contributed by atoms with Crippen LogP contribution in [-0.4, -0.2) is 42.1 Å². The molecule has 0 fully saturated rings. The second-order valence-electron chi connectivity index (χ2n) is 5.44. The van der Waals surface area contributed by atoms with Crippen molar-refractivity contribution in [2.45, 2.75) is 19.9 Å². The van der Waals surface area contributed by atoms with Crippen LogP contribution in [0.3, 0.4) is 0 Å². The smallest absolute Gasteiger partial charge is 0.342 e. The molecule has 2 amide bonds. The van der Waals surface area contributed by atoms with Gasteiger partial charge in [-0.1, -0.05) is 30.3 Å². The van der Waals surface area contributed by atoms with E-state index in [-0.39, 0.29) is 17.2 Å². The summed E-state index contributed by atoms with van der Waals surface area (Å²) in [6.07, 6.45) is 0. The minimum absolute atomic E-state index is 0.0247. The van der Waals surface area contributed by atoms with Crippen molar-refractivity contribution in [1.29, 1.82) is 0 Å². The second kappa shape index (κ2) is 8.14. The first-order chi connectivity index (χ1) is 11.9. The summed E-state index contributed by atoms with van der Waals surface area (Å²) in [5.41, 5.74) is -0.0247. The number of carbonyl (C=O) groups is 3. The summed E-state index contributed by atoms with van der Waals surface area (Å²) in [5, 5.41) is 16.5. The molecule has 0 radical (unpaired) electrons. The quantitative estimate of drug-likeness (QED) is 0.686. The number of aromatic hydroxyl groups is 1. The van der Waals surface area contributed by atoms with Gasteiger partial charge in [-0.15, -0.1) is 0 Å². The van der Waals surface area contributed by atoms with E-state index >= 15 is 0 Å². The molecule has 2 aromatic rings. The molecule has 7 heteroatoms. The molecule has 0 unspecified atom stereocenters. The summed E-state index contributed by atoms with van der Waals surface area (Å²) in [4.78, 5) is 35.4. The van der Waals surface area contributed by atoms with Gasteiger partial charge in [-0.3, -0.25) is 9.59 Å². The third-order valence-corrected chi connectivity index (χ3v) is 3.58. The molecule has 2 rings (SSSR count). The van der Waals surface area contributed by atoms with Gasteiger partial charge in [0.05, 0.1) is 0 Å². The molecule has 0 aliphatic heterocycles. The maximum atomic E-state index is 12.1. The summed E-state index contributed by atoms with van der Waals surface area (Å²) in [6.45, 7) is 3.20. The van der Waals surface area contributed by atoms with E-state index in [0.29, 0.717) is 11.9 Å². The third kappa shape index (κ3) is 4.47. The number of hydrogen-bond acceptors (Lipinski definition) is 5. The Hall–Kier alpha value is -3.09. The monoisotopic (exact) mass is 344 g/mol. The maximum absolute atomic E-state index is 12.1. The lowest BCUT2D eigenvalue weighted by molar-refractivity contribution is -0.130. The van der Waals surface area contributed by atoms with Crippen LogP contribution in [0.25, 0.3) is 10.8 Å². The Bertz CT molecular complexity index is 803. The molecule has 7 nitrogen and oxygen atoms in total. The lowest BCUT2D eigenvalue weighted by Gasteiger charge is -2.13. The fourth-order valence-electron chi connectivity index (χ4n) is 2.30. The van der Waals surface area contributed by atoms with Gasteiger partial charge >= 0.3 is 5.97 Å². The van der Waals surface area contributed by atoms with Crippen LogP contribution in [-0.2, 0) is 14.3 Å². The Balaban J connectivity index is 1.97. The van der Waals surface area contributed by atoms with Crippen molar-refractivity contribution in [1.82, 2.24) is 10.6 Å². The average Bonchev–Trinajstić information content (AvgIpc) is 2.60. The van der Waals surface area contributed by atoms with E-state index < -0.39 is 24.5 Å². The van der Waals surface area contributed by atoms with E-state index in [1.807, 2.05) is 6.07 Å². The zero-order valence-corrected chi connectivity index (χ0v) is 14.0. The first kappa shape index (κ1) is 18.3. The van der Waals surface area contributed by atoms with Crippen LogP contribution >= 0.6 is 0 Å². The molecule has 1 atom stereocenters. The van der Waals surface area contributed by atoms with Crippen LogP contribution in [0.1, 0.15) is 24.2 Å². The van der Waals surface area contributed by atoms with Gasteiger partial charge in [0.2, 0.25) is 5.91 Å². The van der Waals surface area contributed by atoms with Gasteiger partial charge in [-0.05, 0) is 25.3 Å². The molecule has 0 spiro atoms. The summed E-state index contributed by atoms with van der Waals surface area (Å²) in [5.74, 6) is -1.94. The number of esters is 1. The van der Waals surface area contributed by atoms with Crippen molar-refractivity contribution >= 4 is 28.6 Å². The number of rotatable bonds is 6. The minimum atomic E-state index is -0.816. The van der Waals surface area contributed by atoms with Crippen molar-refractivity contribution in [3.63, 3.8) is 0 Å². The predicted octanol–water partition coefficient (Wildman–Crippen LogP) is 1.34. The number of hydrogen-bond donors (Lipinski definition) is 3. The Morgan fingerprint density at radius 1 is 1.16 bits per heavy atom. The van der Waals surface area contributed by atoms with Gasteiger partial charge in [0.25, 0.3) is 5.91 Å². The Morgan fingerprint density at radius 3 is 2.60 bits per heavy atom. The number of carbonyl (C=O) groups excluding carboxylic acids is 3. The highest BCUT2D eigenvalue weighted by Crippen LogP contribution is 2.28. The van der Waals surface area contributed by atoms with Crippen molar-refractivity contribution in [2.24, 2.45) is 0 Å². The van der Waals surface area contributed by atoms with Crippen molar-refractivity contribution in [3.05, 3.63) is 42.0 Å². The van der Waals surface area contributed by atoms with Crippen LogP contribution in [0.2, 0.25) is 0 Å². The molecule has 0 bridgehead atoms. The molecule has 0 saturated carbocycles. The number of benzene rings is 2. The number of nitrogens with one attached hydrogen (secondary N) is 2. The van der Waals surface area contributed by atoms with Crippen LogP contribution in [0, 0.1) is 0 Å². The fraction of sp³-hybridized carbons (Fsp3) is 0.278. The number of fused-ring (bicyclic) bond motifs is 1. The summed E-state index contributed by atoms with van der Waals surface area (Å²) in [7, 11) is 0. The van der Waals surface area contributed by atoms with Crippen LogP contribution < -0.4 is 10.6 Å². The van der Waals surface area contributed by atoms with Gasteiger partial charge in [0.1, 0.15) is 17.4 Å². The standard InChI is InChI=1S/C18H20N2O5/c1-3-19-17(23)11(2)20-15(21)10-25-18(24)14-9-8-12-6-4-5-7-13(12)16(14)22/h4-9,11,22H,3,10H2,1-2H3,(H,19,23)(H,20,21)/t11-/m0/s1. The first-order valence-electron chi connectivity index (χ1n) is 7.89. The normalized spacial score (nSPS) is 11.6. The fourth-order valence-corrected chi connectivity index (χ4v) is 2.30. The SMILES string of the molecule is CCNC(=O)[C@H](C)NC(=O)COC(=O)c1ccc2ccccc2c1O. The molecule has 0 aliphatic carbocycles. The number of amides is 2. The highest BCUT2D eigenvalue weighted by Gasteiger charge is 2.18. The maximum Gasteiger partial charge on any atom is 0.342 e.